The fraction of sp³-hybridized carbons (Fsp3) is 0.294. The lowest BCUT2D eigenvalue weighted by Gasteiger charge is -2.25. The molecule has 0 saturated carbocycles. The van der Waals surface area contributed by atoms with E-state index in [1.165, 1.54) is 16.0 Å². The predicted octanol–water partition coefficient (Wildman–Crippen LogP) is 4.71. The van der Waals surface area contributed by atoms with Crippen LogP contribution in [0.3, 0.4) is 0 Å². The molecule has 0 fully saturated rings. The van der Waals surface area contributed by atoms with Gasteiger partial charge in [-0.1, -0.05) is 54.9 Å². The fourth-order valence-electron chi connectivity index (χ4n) is 2.78. The summed E-state index contributed by atoms with van der Waals surface area (Å²) in [6.45, 7) is 3.10. The maximum Gasteiger partial charge on any atom is 0.0462 e. The van der Waals surface area contributed by atoms with Gasteiger partial charge in [-0.15, -0.1) is 11.8 Å². The molecule has 20 heavy (non-hydrogen) atoms. The summed E-state index contributed by atoms with van der Waals surface area (Å²) in [6, 6.07) is 17.2. The van der Waals surface area contributed by atoms with E-state index in [9.17, 15) is 0 Å². The predicted molar refractivity (Wildman–Crippen MR) is 87.7 cm³/mol. The van der Waals surface area contributed by atoms with E-state index in [0.29, 0.717) is 11.3 Å². The second-order valence-corrected chi connectivity index (χ2v) is 6.71. The zero-order chi connectivity index (χ0) is 13.9. The number of benzene rings is 2. The Labute approximate surface area is 129 Å². The first-order valence-corrected chi connectivity index (χ1v) is 8.27. The van der Waals surface area contributed by atoms with Crippen LogP contribution in [0.5, 0.6) is 0 Å². The van der Waals surface area contributed by atoms with Gasteiger partial charge >= 0.3 is 0 Å². The van der Waals surface area contributed by atoms with Crippen molar-refractivity contribution in [1.29, 1.82) is 0 Å². The van der Waals surface area contributed by atoms with Crippen molar-refractivity contribution in [3.63, 3.8) is 0 Å². The minimum atomic E-state index is 0.297. The molecule has 3 heteroatoms. The molecule has 3 rings (SSSR count). The van der Waals surface area contributed by atoms with Gasteiger partial charge < -0.3 is 5.32 Å². The van der Waals surface area contributed by atoms with Gasteiger partial charge in [0.15, 0.2) is 0 Å². The highest BCUT2D eigenvalue weighted by atomic mass is 35.5. The molecule has 1 aliphatic heterocycles. The Kier molecular flexibility index (Phi) is 4.35. The quantitative estimate of drug-likeness (QED) is 0.878. The maximum atomic E-state index is 6.40. The molecule has 0 radical (unpaired) electrons. The van der Waals surface area contributed by atoms with Crippen LogP contribution in [0.1, 0.15) is 24.1 Å². The van der Waals surface area contributed by atoms with Gasteiger partial charge in [0.2, 0.25) is 0 Å². The summed E-state index contributed by atoms with van der Waals surface area (Å²) in [6.07, 6.45) is 1.10. The highest BCUT2D eigenvalue weighted by Crippen LogP contribution is 2.43. The summed E-state index contributed by atoms with van der Waals surface area (Å²) in [7, 11) is 0. The molecule has 0 aromatic heterocycles. The molecular weight excluding hydrogens is 286 g/mol. The number of hydrogen-bond donors (Lipinski definition) is 1. The van der Waals surface area contributed by atoms with E-state index in [-0.39, 0.29) is 0 Å². The molecule has 0 amide bonds. The van der Waals surface area contributed by atoms with E-state index in [1.54, 1.807) is 0 Å². The first-order chi connectivity index (χ1) is 9.79. The molecule has 0 saturated heterocycles. The lowest BCUT2D eigenvalue weighted by atomic mass is 9.98. The molecular formula is C17H18ClNS. The number of halogens is 1. The van der Waals surface area contributed by atoms with E-state index in [2.05, 4.69) is 48.6 Å². The van der Waals surface area contributed by atoms with E-state index in [1.807, 2.05) is 23.9 Å². The zero-order valence-electron chi connectivity index (χ0n) is 11.5. The second-order valence-electron chi connectivity index (χ2n) is 5.03. The second kappa shape index (κ2) is 6.21. The third-order valence-corrected chi connectivity index (χ3v) is 5.45. The Balaban J connectivity index is 1.88. The average Bonchev–Trinajstić information content (AvgIpc) is 2.89. The van der Waals surface area contributed by atoms with Crippen molar-refractivity contribution in [2.24, 2.45) is 0 Å². The van der Waals surface area contributed by atoms with Crippen LogP contribution in [0, 0.1) is 0 Å². The summed E-state index contributed by atoms with van der Waals surface area (Å²) in [5.74, 6) is 0. The minimum Gasteiger partial charge on any atom is -0.309 e. The van der Waals surface area contributed by atoms with Gasteiger partial charge in [-0.3, -0.25) is 0 Å². The summed E-state index contributed by atoms with van der Waals surface area (Å²) in [5, 5.41) is 4.97. The molecule has 2 aromatic carbocycles. The van der Waals surface area contributed by atoms with Gasteiger partial charge in [-0.2, -0.15) is 0 Å². The first-order valence-electron chi connectivity index (χ1n) is 7.02. The van der Waals surface area contributed by atoms with Gasteiger partial charge in [0.05, 0.1) is 0 Å². The molecule has 0 aliphatic carbocycles. The van der Waals surface area contributed by atoms with Gasteiger partial charge in [-0.05, 0) is 36.2 Å². The number of thioether (sulfide) groups is 1. The largest absolute Gasteiger partial charge is 0.309 e. The number of rotatable bonds is 4. The molecule has 0 spiro atoms. The topological polar surface area (TPSA) is 12.0 Å². The smallest absolute Gasteiger partial charge is 0.0462 e. The van der Waals surface area contributed by atoms with Gasteiger partial charge in [0.25, 0.3) is 0 Å². The fourth-order valence-corrected chi connectivity index (χ4v) is 4.46. The lowest BCUT2D eigenvalue weighted by Crippen LogP contribution is -2.30. The van der Waals surface area contributed by atoms with Crippen molar-refractivity contribution >= 4 is 23.4 Å². The monoisotopic (exact) mass is 303 g/mol. The summed E-state index contributed by atoms with van der Waals surface area (Å²) >= 11 is 8.36. The number of nitrogens with one attached hydrogen (secondary N) is 1. The normalized spacial score (nSPS) is 18.8. The van der Waals surface area contributed by atoms with Crippen LogP contribution in [0.2, 0.25) is 5.02 Å². The minimum absolute atomic E-state index is 0.297. The molecule has 1 heterocycles. The zero-order valence-corrected chi connectivity index (χ0v) is 13.0. The Morgan fingerprint density at radius 3 is 2.70 bits per heavy atom. The van der Waals surface area contributed by atoms with Crippen molar-refractivity contribution < 1.29 is 0 Å². The van der Waals surface area contributed by atoms with E-state index >= 15 is 0 Å². The third kappa shape index (κ3) is 2.73. The first kappa shape index (κ1) is 14.0. The summed E-state index contributed by atoms with van der Waals surface area (Å²) in [4.78, 5) is 1.41. The van der Waals surface area contributed by atoms with Gasteiger partial charge in [0, 0.05) is 21.2 Å². The Morgan fingerprint density at radius 2 is 1.95 bits per heavy atom. The van der Waals surface area contributed by atoms with Crippen molar-refractivity contribution in [3.8, 4) is 0 Å². The van der Waals surface area contributed by atoms with E-state index in [4.69, 9.17) is 11.6 Å². The van der Waals surface area contributed by atoms with Crippen LogP contribution in [0.4, 0.5) is 0 Å². The molecule has 2 aromatic rings. The average molecular weight is 304 g/mol. The van der Waals surface area contributed by atoms with Gasteiger partial charge in [0.1, 0.15) is 0 Å². The van der Waals surface area contributed by atoms with Crippen molar-refractivity contribution in [1.82, 2.24) is 5.32 Å². The molecule has 1 nitrogen and oxygen atoms in total. The Morgan fingerprint density at radius 1 is 1.20 bits per heavy atom. The number of hydrogen-bond acceptors (Lipinski definition) is 2. The molecule has 0 bridgehead atoms. The van der Waals surface area contributed by atoms with E-state index in [0.717, 1.165) is 18.0 Å². The van der Waals surface area contributed by atoms with Crippen LogP contribution in [0.15, 0.2) is 53.4 Å². The van der Waals surface area contributed by atoms with E-state index < -0.39 is 0 Å². The Bertz CT molecular complexity index is 574. The SMILES string of the molecule is CCNC(c1ccccc1Cl)C1Cc2ccccc2S1. The van der Waals surface area contributed by atoms with Crippen molar-refractivity contribution in [3.05, 3.63) is 64.7 Å². The van der Waals surface area contributed by atoms with Crippen molar-refractivity contribution in [2.45, 2.75) is 29.5 Å². The molecule has 1 aliphatic rings. The van der Waals surface area contributed by atoms with Crippen LogP contribution >= 0.6 is 23.4 Å². The van der Waals surface area contributed by atoms with Crippen molar-refractivity contribution in [2.75, 3.05) is 6.54 Å². The Hall–Kier alpha value is -0.960. The third-order valence-electron chi connectivity index (χ3n) is 3.71. The highest BCUT2D eigenvalue weighted by Gasteiger charge is 2.30. The highest BCUT2D eigenvalue weighted by molar-refractivity contribution is 8.00. The number of fused-ring (bicyclic) bond motifs is 1. The standard InChI is InChI=1S/C17H18ClNS/c1-2-19-17(13-8-4-5-9-14(13)18)16-11-12-7-3-6-10-15(12)20-16/h3-10,16-17,19H,2,11H2,1H3. The summed E-state index contributed by atoms with van der Waals surface area (Å²) in [5.41, 5.74) is 2.67. The lowest BCUT2D eigenvalue weighted by molar-refractivity contribution is 0.532. The van der Waals surface area contributed by atoms with Crippen LogP contribution in [0.25, 0.3) is 0 Å². The van der Waals surface area contributed by atoms with Gasteiger partial charge in [-0.25, -0.2) is 0 Å². The molecule has 2 atom stereocenters. The molecule has 2 unspecified atom stereocenters. The van der Waals surface area contributed by atoms with Crippen LogP contribution in [-0.2, 0) is 6.42 Å². The molecule has 1 N–H and O–H groups in total. The summed E-state index contributed by atoms with van der Waals surface area (Å²) < 4.78 is 0. The molecule has 104 valence electrons. The van der Waals surface area contributed by atoms with Crippen LogP contribution in [-0.4, -0.2) is 11.8 Å². The van der Waals surface area contributed by atoms with Crippen LogP contribution < -0.4 is 5.32 Å². The maximum absolute atomic E-state index is 6.40.